The first-order valence-corrected chi connectivity index (χ1v) is 15.6. The van der Waals surface area contributed by atoms with Crippen molar-refractivity contribution in [2.75, 3.05) is 6.16 Å². The molecule has 0 heterocycles. The topological polar surface area (TPSA) is 26.3 Å². The van der Waals surface area contributed by atoms with E-state index in [1.54, 1.807) is 0 Å². The van der Waals surface area contributed by atoms with Gasteiger partial charge in [0.2, 0.25) is 0 Å². The molecule has 3 aromatic carbocycles. The monoisotopic (exact) mass is 524 g/mol. The summed E-state index contributed by atoms with van der Waals surface area (Å²) in [5, 5.41) is 3.11. The van der Waals surface area contributed by atoms with E-state index in [2.05, 4.69) is 94.5 Å². The van der Waals surface area contributed by atoms with Crippen molar-refractivity contribution in [2.24, 2.45) is 0 Å². The Hall–Kier alpha value is -3.48. The summed E-state index contributed by atoms with van der Waals surface area (Å²) in [5.74, 6) is -0.282. The van der Waals surface area contributed by atoms with Gasteiger partial charge in [-0.25, -0.2) is 0 Å². The van der Waals surface area contributed by atoms with Crippen molar-refractivity contribution < 1.29 is 9.32 Å². The molecule has 0 spiro atoms. The molecule has 3 heteroatoms. The summed E-state index contributed by atoms with van der Waals surface area (Å²) >= 11 is 0. The fourth-order valence-electron chi connectivity index (χ4n) is 4.89. The Balaban J connectivity index is 2.16. The molecule has 0 radical (unpaired) electrons. The fraction of sp³-hybridized carbons (Fsp3) is 0.229. The van der Waals surface area contributed by atoms with Crippen LogP contribution in [-0.2, 0) is 9.32 Å². The van der Waals surface area contributed by atoms with E-state index >= 15 is 0 Å². The molecule has 38 heavy (non-hydrogen) atoms. The Morgan fingerprint density at radius 1 is 0.711 bits per heavy atom. The molecule has 0 atom stereocenters. The Morgan fingerprint density at radius 3 is 1.61 bits per heavy atom. The summed E-state index contributed by atoms with van der Waals surface area (Å²) in [6.45, 7) is 6.40. The zero-order valence-corrected chi connectivity index (χ0v) is 24.3. The van der Waals surface area contributed by atoms with Crippen LogP contribution in [0.15, 0.2) is 138 Å². The van der Waals surface area contributed by atoms with Gasteiger partial charge in [-0.3, -0.25) is 0 Å². The van der Waals surface area contributed by atoms with Crippen LogP contribution in [0.25, 0.3) is 0 Å². The first kappa shape index (κ1) is 29.1. The molecule has 0 saturated carbocycles. The minimum atomic E-state index is -3.69. The molecule has 2 nitrogen and oxygen atoms in total. The number of hydrogen-bond donors (Lipinski definition) is 0. The second-order valence-corrected chi connectivity index (χ2v) is 14.6. The third kappa shape index (κ3) is 6.69. The van der Waals surface area contributed by atoms with Crippen LogP contribution < -0.4 is 15.9 Å². The molecule has 0 bridgehead atoms. The maximum atomic E-state index is 13.0. The zero-order chi connectivity index (χ0) is 27.5. The summed E-state index contributed by atoms with van der Waals surface area (Å²) in [5.41, 5.74) is 3.84. The standard InChI is InChI=1S/C35H41O2P/c1-29(2)17-15-18-30(3)19-16-20-31(4)27-28-38(37-32(5)36,33-21-9-6-10-22-33,34-23-11-7-12-24-34)35-25-13-8-14-26-35/h6-14,16-17,19-27H,15,18,28H2,1-5H3/b20-16+,30-19+,31-27+. The second-order valence-electron chi connectivity index (χ2n) is 10.1. The molecule has 3 rings (SSSR count). The second kappa shape index (κ2) is 13.4. The van der Waals surface area contributed by atoms with E-state index in [0.717, 1.165) is 34.3 Å². The van der Waals surface area contributed by atoms with E-state index in [4.69, 9.17) is 4.52 Å². The van der Waals surface area contributed by atoms with Gasteiger partial charge in [-0.1, -0.05) is 0 Å². The summed E-state index contributed by atoms with van der Waals surface area (Å²) < 4.78 is 6.75. The zero-order valence-electron chi connectivity index (χ0n) is 23.4. The summed E-state index contributed by atoms with van der Waals surface area (Å²) in [7, 11) is 0. The Morgan fingerprint density at radius 2 is 1.18 bits per heavy atom. The van der Waals surface area contributed by atoms with Gasteiger partial charge in [0.25, 0.3) is 0 Å². The van der Waals surface area contributed by atoms with E-state index in [9.17, 15) is 4.79 Å². The maximum absolute atomic E-state index is 13.0. The van der Waals surface area contributed by atoms with Crippen molar-refractivity contribution in [1.29, 1.82) is 0 Å². The van der Waals surface area contributed by atoms with Gasteiger partial charge in [0.15, 0.2) is 0 Å². The van der Waals surface area contributed by atoms with Crippen LogP contribution in [0.4, 0.5) is 0 Å². The van der Waals surface area contributed by atoms with Gasteiger partial charge in [-0.2, -0.15) is 0 Å². The van der Waals surface area contributed by atoms with Crippen LogP contribution in [0, 0.1) is 0 Å². The molecule has 0 amide bonds. The molecular formula is C35H41O2P. The number of carbonyl (C=O) groups excluding carboxylic acids is 1. The summed E-state index contributed by atoms with van der Waals surface area (Å²) in [6.07, 6.45) is 13.7. The molecule has 0 aliphatic heterocycles. The fourth-order valence-corrected chi connectivity index (χ4v) is 10.4. The number of hydrogen-bond acceptors (Lipinski definition) is 2. The quantitative estimate of drug-likeness (QED) is 0.144. The van der Waals surface area contributed by atoms with Crippen LogP contribution in [-0.4, -0.2) is 12.1 Å². The number of benzene rings is 3. The average molecular weight is 525 g/mol. The molecule has 0 aliphatic rings. The molecule has 0 saturated heterocycles. The average Bonchev–Trinajstić information content (AvgIpc) is 2.92. The third-order valence-electron chi connectivity index (χ3n) is 6.83. The molecule has 0 aliphatic carbocycles. The van der Waals surface area contributed by atoms with Crippen LogP contribution in [0.2, 0.25) is 0 Å². The van der Waals surface area contributed by atoms with Crippen LogP contribution in [0.5, 0.6) is 0 Å². The van der Waals surface area contributed by atoms with Gasteiger partial charge >= 0.3 is 230 Å². The normalized spacial score (nSPS) is 13.6. The van der Waals surface area contributed by atoms with Crippen LogP contribution >= 0.6 is 6.83 Å². The van der Waals surface area contributed by atoms with Gasteiger partial charge < -0.3 is 0 Å². The number of allylic oxidation sites excluding steroid dienone is 8. The van der Waals surface area contributed by atoms with E-state index in [-0.39, 0.29) is 5.97 Å². The van der Waals surface area contributed by atoms with Crippen molar-refractivity contribution in [2.45, 2.75) is 47.5 Å². The van der Waals surface area contributed by atoms with Crippen LogP contribution in [0.3, 0.4) is 0 Å². The molecule has 0 aromatic heterocycles. The molecule has 0 fully saturated rings. The molecule has 0 unspecified atom stereocenters. The van der Waals surface area contributed by atoms with Gasteiger partial charge in [0, 0.05) is 0 Å². The van der Waals surface area contributed by atoms with Gasteiger partial charge in [0.1, 0.15) is 0 Å². The minimum absolute atomic E-state index is 0.282. The van der Waals surface area contributed by atoms with Crippen molar-refractivity contribution >= 4 is 28.7 Å². The Bertz CT molecular complexity index is 1210. The first-order chi connectivity index (χ1) is 18.3. The van der Waals surface area contributed by atoms with E-state index in [0.29, 0.717) is 6.16 Å². The Labute approximate surface area is 229 Å². The van der Waals surface area contributed by atoms with Crippen molar-refractivity contribution in [3.63, 3.8) is 0 Å². The van der Waals surface area contributed by atoms with Gasteiger partial charge in [-0.05, 0) is 0 Å². The third-order valence-corrected chi connectivity index (χ3v) is 12.5. The number of carbonyl (C=O) groups is 1. The first-order valence-electron chi connectivity index (χ1n) is 13.3. The van der Waals surface area contributed by atoms with Crippen molar-refractivity contribution in [3.8, 4) is 0 Å². The van der Waals surface area contributed by atoms with Crippen molar-refractivity contribution in [1.82, 2.24) is 0 Å². The predicted octanol–water partition coefficient (Wildman–Crippen LogP) is 8.19. The Kier molecular flexibility index (Phi) is 10.2. The van der Waals surface area contributed by atoms with Gasteiger partial charge in [-0.15, -0.1) is 0 Å². The molecule has 0 N–H and O–H groups in total. The SMILES string of the molecule is CC(=O)OP(C/C=C(C)/C=C/C=C(\C)CCC=C(C)C)(c1ccccc1)(c1ccccc1)c1ccccc1. The number of rotatable bonds is 11. The van der Waals surface area contributed by atoms with Gasteiger partial charge in [0.05, 0.1) is 0 Å². The van der Waals surface area contributed by atoms with Crippen LogP contribution in [0.1, 0.15) is 47.5 Å². The van der Waals surface area contributed by atoms with E-state index in [1.165, 1.54) is 18.1 Å². The molecule has 198 valence electrons. The van der Waals surface area contributed by atoms with E-state index < -0.39 is 6.83 Å². The predicted molar refractivity (Wildman–Crippen MR) is 167 cm³/mol. The molecule has 3 aromatic rings. The van der Waals surface area contributed by atoms with Crippen molar-refractivity contribution in [3.05, 3.63) is 138 Å². The van der Waals surface area contributed by atoms with E-state index in [1.807, 2.05) is 54.6 Å². The molecular weight excluding hydrogens is 483 g/mol. The summed E-state index contributed by atoms with van der Waals surface area (Å²) in [4.78, 5) is 13.0. The summed E-state index contributed by atoms with van der Waals surface area (Å²) in [6, 6.07) is 30.9.